The maximum atomic E-state index is 12.9. The molecule has 8 heteroatoms. The van der Waals surface area contributed by atoms with Crippen molar-refractivity contribution in [2.24, 2.45) is 5.92 Å². The fraction of sp³-hybridized carbons (Fsp3) is 0.591. The Balaban J connectivity index is 1.25. The van der Waals surface area contributed by atoms with Crippen molar-refractivity contribution in [1.82, 2.24) is 24.7 Å². The predicted octanol–water partition coefficient (Wildman–Crippen LogP) is 2.38. The average Bonchev–Trinajstić information content (AvgIpc) is 3.15. The summed E-state index contributed by atoms with van der Waals surface area (Å²) in [6.45, 7) is 9.13. The van der Waals surface area contributed by atoms with E-state index in [2.05, 4.69) is 35.0 Å². The smallest absolute Gasteiger partial charge is 0.409 e. The summed E-state index contributed by atoms with van der Waals surface area (Å²) in [7, 11) is 0. The molecule has 0 unspecified atom stereocenters. The minimum atomic E-state index is -0.279. The first-order valence-corrected chi connectivity index (χ1v) is 10.9. The monoisotopic (exact) mass is 413 g/mol. The van der Waals surface area contributed by atoms with Gasteiger partial charge in [-0.1, -0.05) is 6.07 Å². The zero-order valence-electron chi connectivity index (χ0n) is 17.9. The Kier molecular flexibility index (Phi) is 6.22. The summed E-state index contributed by atoms with van der Waals surface area (Å²) in [4.78, 5) is 38.8. The number of nitrogens with one attached hydrogen (secondary N) is 1. The van der Waals surface area contributed by atoms with E-state index in [1.165, 1.54) is 5.56 Å². The van der Waals surface area contributed by atoms with Gasteiger partial charge < -0.3 is 19.5 Å². The fourth-order valence-corrected chi connectivity index (χ4v) is 4.38. The van der Waals surface area contributed by atoms with E-state index < -0.39 is 0 Å². The lowest BCUT2D eigenvalue weighted by Crippen LogP contribution is -2.53. The second-order valence-corrected chi connectivity index (χ2v) is 8.27. The SMILES string of the molecule is CCOC(=O)N1CCN(C(=O)C2CCN(Cc3nc4ccc(C)cc4[nH]3)CC2)CC1. The van der Waals surface area contributed by atoms with Crippen LogP contribution < -0.4 is 0 Å². The molecule has 2 amide bonds. The zero-order valence-corrected chi connectivity index (χ0v) is 17.9. The van der Waals surface area contributed by atoms with Crippen LogP contribution in [0.15, 0.2) is 18.2 Å². The van der Waals surface area contributed by atoms with Crippen LogP contribution in [0.4, 0.5) is 4.79 Å². The largest absolute Gasteiger partial charge is 0.450 e. The van der Waals surface area contributed by atoms with Crippen molar-refractivity contribution in [3.8, 4) is 0 Å². The number of ether oxygens (including phenoxy) is 1. The molecule has 2 aromatic rings. The van der Waals surface area contributed by atoms with Crippen LogP contribution in [0, 0.1) is 12.8 Å². The molecular formula is C22H31N5O3. The number of likely N-dealkylation sites (tertiary alicyclic amines) is 1. The molecule has 3 heterocycles. The summed E-state index contributed by atoms with van der Waals surface area (Å²) in [5.74, 6) is 1.29. The average molecular weight is 414 g/mol. The number of H-pyrrole nitrogens is 1. The number of piperazine rings is 1. The molecule has 1 aromatic heterocycles. The summed E-state index contributed by atoms with van der Waals surface area (Å²) >= 11 is 0. The van der Waals surface area contributed by atoms with Gasteiger partial charge in [0.15, 0.2) is 0 Å². The van der Waals surface area contributed by atoms with E-state index in [1.54, 1.807) is 11.8 Å². The molecule has 162 valence electrons. The van der Waals surface area contributed by atoms with E-state index in [0.717, 1.165) is 49.3 Å². The van der Waals surface area contributed by atoms with Crippen LogP contribution in [-0.4, -0.2) is 82.5 Å². The maximum Gasteiger partial charge on any atom is 0.409 e. The minimum Gasteiger partial charge on any atom is -0.450 e. The number of piperidine rings is 1. The van der Waals surface area contributed by atoms with Gasteiger partial charge in [0.25, 0.3) is 0 Å². The Morgan fingerprint density at radius 3 is 2.50 bits per heavy atom. The first-order chi connectivity index (χ1) is 14.5. The Bertz CT molecular complexity index is 895. The highest BCUT2D eigenvalue weighted by atomic mass is 16.6. The van der Waals surface area contributed by atoms with Gasteiger partial charge in [-0.05, 0) is 57.5 Å². The standard InChI is InChI=1S/C22H31N5O3/c1-3-30-22(29)27-12-10-26(11-13-27)21(28)17-6-8-25(9-7-17)15-20-23-18-5-4-16(2)14-19(18)24-20/h4-5,14,17H,3,6-13,15H2,1-2H3,(H,23,24). The zero-order chi connectivity index (χ0) is 21.1. The van der Waals surface area contributed by atoms with Crippen LogP contribution in [0.5, 0.6) is 0 Å². The summed E-state index contributed by atoms with van der Waals surface area (Å²) in [5, 5.41) is 0. The molecule has 1 aromatic carbocycles. The van der Waals surface area contributed by atoms with Crippen molar-refractivity contribution >= 4 is 23.0 Å². The molecule has 0 atom stereocenters. The molecule has 2 aliphatic rings. The molecule has 8 nitrogen and oxygen atoms in total. The van der Waals surface area contributed by atoms with E-state index in [0.29, 0.717) is 32.8 Å². The fourth-order valence-electron chi connectivity index (χ4n) is 4.38. The third kappa shape index (κ3) is 4.59. The highest BCUT2D eigenvalue weighted by Gasteiger charge is 2.31. The molecule has 0 bridgehead atoms. The van der Waals surface area contributed by atoms with Crippen molar-refractivity contribution in [2.45, 2.75) is 33.2 Å². The van der Waals surface area contributed by atoms with Crippen molar-refractivity contribution in [2.75, 3.05) is 45.9 Å². The molecule has 0 spiro atoms. The molecule has 2 fully saturated rings. The van der Waals surface area contributed by atoms with Gasteiger partial charge in [-0.2, -0.15) is 0 Å². The number of nitrogens with zero attached hydrogens (tertiary/aromatic N) is 4. The van der Waals surface area contributed by atoms with Crippen LogP contribution >= 0.6 is 0 Å². The summed E-state index contributed by atoms with van der Waals surface area (Å²) in [6, 6.07) is 6.26. The van der Waals surface area contributed by atoms with Crippen LogP contribution in [0.3, 0.4) is 0 Å². The minimum absolute atomic E-state index is 0.0775. The lowest BCUT2D eigenvalue weighted by atomic mass is 9.95. The summed E-state index contributed by atoms with van der Waals surface area (Å²) < 4.78 is 5.05. The van der Waals surface area contributed by atoms with Crippen molar-refractivity contribution < 1.29 is 14.3 Å². The van der Waals surface area contributed by atoms with Crippen LogP contribution in [0.2, 0.25) is 0 Å². The first-order valence-electron chi connectivity index (χ1n) is 10.9. The molecule has 4 rings (SSSR count). The number of carbonyl (C=O) groups is 2. The molecular weight excluding hydrogens is 382 g/mol. The van der Waals surface area contributed by atoms with Crippen molar-refractivity contribution in [1.29, 1.82) is 0 Å². The van der Waals surface area contributed by atoms with Gasteiger partial charge in [-0.15, -0.1) is 0 Å². The number of aromatic amines is 1. The Morgan fingerprint density at radius 1 is 1.10 bits per heavy atom. The summed E-state index contributed by atoms with van der Waals surface area (Å²) in [6.07, 6.45) is 1.46. The maximum absolute atomic E-state index is 12.9. The quantitative estimate of drug-likeness (QED) is 0.832. The number of aromatic nitrogens is 2. The Labute approximate surface area is 177 Å². The molecule has 2 saturated heterocycles. The van der Waals surface area contributed by atoms with E-state index in [-0.39, 0.29) is 17.9 Å². The first kappa shape index (κ1) is 20.7. The Hall–Kier alpha value is -2.61. The lowest BCUT2D eigenvalue weighted by Gasteiger charge is -2.38. The molecule has 30 heavy (non-hydrogen) atoms. The molecule has 1 N–H and O–H groups in total. The number of hydrogen-bond acceptors (Lipinski definition) is 5. The van der Waals surface area contributed by atoms with Gasteiger partial charge in [0, 0.05) is 32.1 Å². The van der Waals surface area contributed by atoms with E-state index in [1.807, 2.05) is 4.90 Å². The van der Waals surface area contributed by atoms with Gasteiger partial charge in [-0.25, -0.2) is 9.78 Å². The molecule has 0 saturated carbocycles. The number of amides is 2. The number of hydrogen-bond donors (Lipinski definition) is 1. The number of rotatable bonds is 4. The number of benzene rings is 1. The Morgan fingerprint density at radius 2 is 1.80 bits per heavy atom. The summed E-state index contributed by atoms with van der Waals surface area (Å²) in [5.41, 5.74) is 3.31. The van der Waals surface area contributed by atoms with E-state index >= 15 is 0 Å². The van der Waals surface area contributed by atoms with Gasteiger partial charge in [0.05, 0.1) is 24.2 Å². The lowest BCUT2D eigenvalue weighted by molar-refractivity contribution is -0.138. The second kappa shape index (κ2) is 9.04. The normalized spacial score (nSPS) is 18.7. The molecule has 2 aliphatic heterocycles. The van der Waals surface area contributed by atoms with E-state index in [9.17, 15) is 9.59 Å². The number of imidazole rings is 1. The third-order valence-corrected chi connectivity index (χ3v) is 6.11. The molecule has 0 aliphatic carbocycles. The number of carbonyl (C=O) groups excluding carboxylic acids is 2. The number of fused-ring (bicyclic) bond motifs is 1. The third-order valence-electron chi connectivity index (χ3n) is 6.11. The highest BCUT2D eigenvalue weighted by molar-refractivity contribution is 5.79. The topological polar surface area (TPSA) is 81.8 Å². The van der Waals surface area contributed by atoms with Crippen LogP contribution in [0.1, 0.15) is 31.2 Å². The van der Waals surface area contributed by atoms with Gasteiger partial charge in [0.1, 0.15) is 5.82 Å². The van der Waals surface area contributed by atoms with Gasteiger partial charge >= 0.3 is 6.09 Å². The van der Waals surface area contributed by atoms with Gasteiger partial charge in [0.2, 0.25) is 5.91 Å². The highest BCUT2D eigenvalue weighted by Crippen LogP contribution is 2.22. The van der Waals surface area contributed by atoms with Crippen LogP contribution in [-0.2, 0) is 16.1 Å². The van der Waals surface area contributed by atoms with Gasteiger partial charge in [-0.3, -0.25) is 9.69 Å². The molecule has 0 radical (unpaired) electrons. The second-order valence-electron chi connectivity index (χ2n) is 8.27. The van der Waals surface area contributed by atoms with Crippen molar-refractivity contribution in [3.05, 3.63) is 29.6 Å². The van der Waals surface area contributed by atoms with E-state index in [4.69, 9.17) is 9.72 Å². The number of aryl methyl sites for hydroxylation is 1. The van der Waals surface area contributed by atoms with Crippen LogP contribution in [0.25, 0.3) is 11.0 Å². The van der Waals surface area contributed by atoms with Crippen molar-refractivity contribution in [3.63, 3.8) is 0 Å². The predicted molar refractivity (Wildman–Crippen MR) is 114 cm³/mol.